The number of amides is 5. The Bertz CT molecular complexity index is 782. The van der Waals surface area contributed by atoms with Gasteiger partial charge in [0.1, 0.15) is 12.6 Å². The van der Waals surface area contributed by atoms with Crippen LogP contribution in [-0.4, -0.2) is 41.2 Å². The van der Waals surface area contributed by atoms with Gasteiger partial charge in [-0.25, -0.2) is 4.79 Å². The minimum absolute atomic E-state index is 0.0357. The summed E-state index contributed by atoms with van der Waals surface area (Å²) in [5.74, 6) is -1.65. The molecule has 1 aromatic heterocycles. The first-order chi connectivity index (χ1) is 12.6. The Morgan fingerprint density at radius 2 is 2.07 bits per heavy atom. The van der Waals surface area contributed by atoms with Crippen molar-refractivity contribution in [2.45, 2.75) is 45.2 Å². The molecule has 1 aliphatic carbocycles. The third-order valence-electron chi connectivity index (χ3n) is 4.99. The average molecular weight is 392 g/mol. The predicted octanol–water partition coefficient (Wildman–Crippen LogP) is 0.921. The number of thiophene rings is 1. The molecule has 9 heteroatoms. The number of imide groups is 1. The van der Waals surface area contributed by atoms with Crippen LogP contribution in [0.3, 0.4) is 0 Å². The van der Waals surface area contributed by atoms with Crippen molar-refractivity contribution in [3.8, 4) is 0 Å². The summed E-state index contributed by atoms with van der Waals surface area (Å²) in [6, 6.07) is 2.16. The van der Waals surface area contributed by atoms with Gasteiger partial charge in [0.25, 0.3) is 5.91 Å². The van der Waals surface area contributed by atoms with Gasteiger partial charge in [-0.1, -0.05) is 26.8 Å². The largest absolute Gasteiger partial charge is 0.368 e. The molecule has 2 heterocycles. The molecule has 5 amide bonds. The van der Waals surface area contributed by atoms with E-state index in [9.17, 15) is 19.2 Å². The smallest absolute Gasteiger partial charge is 0.325 e. The van der Waals surface area contributed by atoms with Gasteiger partial charge in [-0.3, -0.25) is 19.3 Å². The predicted molar refractivity (Wildman–Crippen MR) is 99.5 cm³/mol. The summed E-state index contributed by atoms with van der Waals surface area (Å²) in [5, 5.41) is 7.22. The number of hydrogen-bond acceptors (Lipinski definition) is 5. The number of nitrogens with zero attached hydrogens (tertiary/aromatic N) is 1. The molecule has 1 unspecified atom stereocenters. The highest BCUT2D eigenvalue weighted by molar-refractivity contribution is 7.10. The van der Waals surface area contributed by atoms with Crippen molar-refractivity contribution in [1.29, 1.82) is 0 Å². The Morgan fingerprint density at radius 1 is 1.41 bits per heavy atom. The maximum absolute atomic E-state index is 13.1. The molecule has 8 nitrogen and oxygen atoms in total. The fourth-order valence-corrected chi connectivity index (χ4v) is 4.42. The van der Waals surface area contributed by atoms with Gasteiger partial charge in [0, 0.05) is 4.88 Å². The van der Waals surface area contributed by atoms with Crippen LogP contribution in [0.15, 0.2) is 17.5 Å². The van der Waals surface area contributed by atoms with E-state index in [0.29, 0.717) is 0 Å². The van der Waals surface area contributed by atoms with Gasteiger partial charge in [-0.15, -0.1) is 11.3 Å². The summed E-state index contributed by atoms with van der Waals surface area (Å²) in [6.07, 6.45) is 1.69. The van der Waals surface area contributed by atoms with E-state index >= 15 is 0 Å². The molecule has 0 bridgehead atoms. The van der Waals surface area contributed by atoms with E-state index in [1.54, 1.807) is 20.8 Å². The molecule has 0 radical (unpaired) electrons. The molecule has 0 spiro atoms. The van der Waals surface area contributed by atoms with E-state index < -0.39 is 47.3 Å². The third kappa shape index (κ3) is 3.43. The lowest BCUT2D eigenvalue weighted by Gasteiger charge is -2.29. The molecule has 3 rings (SSSR count). The van der Waals surface area contributed by atoms with Crippen LogP contribution < -0.4 is 16.4 Å². The second-order valence-corrected chi connectivity index (χ2v) is 9.10. The molecular weight excluding hydrogens is 368 g/mol. The van der Waals surface area contributed by atoms with Crippen LogP contribution in [0.25, 0.3) is 0 Å². The molecule has 27 heavy (non-hydrogen) atoms. The molecule has 2 fully saturated rings. The number of rotatable bonds is 6. The van der Waals surface area contributed by atoms with Crippen molar-refractivity contribution in [2.24, 2.45) is 17.1 Å². The molecule has 2 atom stereocenters. The van der Waals surface area contributed by atoms with Crippen LogP contribution in [0, 0.1) is 11.3 Å². The summed E-state index contributed by atoms with van der Waals surface area (Å²) in [7, 11) is 0. The topological polar surface area (TPSA) is 122 Å². The minimum atomic E-state index is -1.08. The molecule has 146 valence electrons. The molecule has 1 aromatic rings. The number of nitrogens with one attached hydrogen (secondary N) is 2. The monoisotopic (exact) mass is 392 g/mol. The maximum atomic E-state index is 13.1. The summed E-state index contributed by atoms with van der Waals surface area (Å²) in [6.45, 7) is 4.85. The number of urea groups is 1. The van der Waals surface area contributed by atoms with Gasteiger partial charge in [0.15, 0.2) is 5.54 Å². The van der Waals surface area contributed by atoms with Crippen molar-refractivity contribution < 1.29 is 19.2 Å². The van der Waals surface area contributed by atoms with Crippen molar-refractivity contribution in [3.63, 3.8) is 0 Å². The van der Waals surface area contributed by atoms with E-state index in [-0.39, 0.29) is 5.92 Å². The quantitative estimate of drug-likeness (QED) is 0.623. The average Bonchev–Trinajstić information content (AvgIpc) is 3.21. The summed E-state index contributed by atoms with van der Waals surface area (Å²) < 4.78 is 0. The zero-order valence-corrected chi connectivity index (χ0v) is 16.4. The van der Waals surface area contributed by atoms with Crippen molar-refractivity contribution in [1.82, 2.24) is 15.5 Å². The number of hydrogen-bond donors (Lipinski definition) is 3. The minimum Gasteiger partial charge on any atom is -0.368 e. The van der Waals surface area contributed by atoms with E-state index in [1.807, 2.05) is 17.5 Å². The standard InChI is InChI=1S/C18H24N4O4S/c1-17(2,3)13(14(19)24)20-12(23)9-22-15(25)18(10-6-7-10,21-16(22)26)11-5-4-8-27-11/h4-5,8,10,13H,6-7,9H2,1-3H3,(H2,19,24)(H,20,23)(H,21,26)/t13-,18?/m1/s1. The summed E-state index contributed by atoms with van der Waals surface area (Å²) in [5.41, 5.74) is 3.70. The van der Waals surface area contributed by atoms with Crippen LogP contribution in [0.1, 0.15) is 38.5 Å². The second-order valence-electron chi connectivity index (χ2n) is 8.15. The molecule has 1 saturated heterocycles. The zero-order valence-electron chi connectivity index (χ0n) is 15.6. The normalized spacial score (nSPS) is 23.9. The first kappa shape index (κ1) is 19.3. The fraction of sp³-hybridized carbons (Fsp3) is 0.556. The molecular formula is C18H24N4O4S. The van der Waals surface area contributed by atoms with Crippen molar-refractivity contribution >= 4 is 35.1 Å². The number of primary amides is 1. The molecule has 0 aromatic carbocycles. The highest BCUT2D eigenvalue weighted by atomic mass is 32.1. The lowest BCUT2D eigenvalue weighted by Crippen LogP contribution is -2.54. The van der Waals surface area contributed by atoms with Crippen LogP contribution in [-0.2, 0) is 19.9 Å². The Hall–Kier alpha value is -2.42. The number of nitrogens with two attached hydrogens (primary N) is 1. The zero-order chi connectivity index (χ0) is 20.0. The van der Waals surface area contributed by atoms with Gasteiger partial charge in [-0.2, -0.15) is 0 Å². The van der Waals surface area contributed by atoms with Crippen molar-refractivity contribution in [2.75, 3.05) is 6.54 Å². The van der Waals surface area contributed by atoms with Crippen LogP contribution in [0.2, 0.25) is 0 Å². The van der Waals surface area contributed by atoms with Gasteiger partial charge in [-0.05, 0) is 35.6 Å². The number of carbonyl (C=O) groups excluding carboxylic acids is 4. The van der Waals surface area contributed by atoms with Gasteiger partial charge >= 0.3 is 6.03 Å². The maximum Gasteiger partial charge on any atom is 0.325 e. The lowest BCUT2D eigenvalue weighted by atomic mass is 9.86. The SMILES string of the molecule is CC(C)(C)[C@H](NC(=O)CN1C(=O)NC(c2cccs2)(C2CC2)C1=O)C(N)=O. The first-order valence-corrected chi connectivity index (χ1v) is 9.72. The van der Waals surface area contributed by atoms with Crippen molar-refractivity contribution in [3.05, 3.63) is 22.4 Å². The fourth-order valence-electron chi connectivity index (χ4n) is 3.47. The Labute approximate surface area is 161 Å². The molecule has 2 aliphatic rings. The lowest BCUT2D eigenvalue weighted by molar-refractivity contribution is -0.136. The second kappa shape index (κ2) is 6.63. The highest BCUT2D eigenvalue weighted by Gasteiger charge is 2.61. The number of carbonyl (C=O) groups is 4. The van der Waals surface area contributed by atoms with Crippen LogP contribution >= 0.6 is 11.3 Å². The van der Waals surface area contributed by atoms with Gasteiger partial charge in [0.2, 0.25) is 11.8 Å². The van der Waals surface area contributed by atoms with Crippen LogP contribution in [0.5, 0.6) is 0 Å². The Balaban J connectivity index is 1.78. The van der Waals surface area contributed by atoms with E-state index in [1.165, 1.54) is 11.3 Å². The van der Waals surface area contributed by atoms with E-state index in [4.69, 9.17) is 5.73 Å². The Kier molecular flexibility index (Phi) is 4.75. The molecule has 1 aliphatic heterocycles. The van der Waals surface area contributed by atoms with E-state index in [2.05, 4.69) is 10.6 Å². The third-order valence-corrected chi connectivity index (χ3v) is 5.99. The molecule has 4 N–H and O–H groups in total. The van der Waals surface area contributed by atoms with Gasteiger partial charge in [0.05, 0.1) is 0 Å². The first-order valence-electron chi connectivity index (χ1n) is 8.84. The summed E-state index contributed by atoms with van der Waals surface area (Å²) in [4.78, 5) is 51.5. The summed E-state index contributed by atoms with van der Waals surface area (Å²) >= 11 is 1.41. The highest BCUT2D eigenvalue weighted by Crippen LogP contribution is 2.50. The van der Waals surface area contributed by atoms with Gasteiger partial charge < -0.3 is 16.4 Å². The Morgan fingerprint density at radius 3 is 2.56 bits per heavy atom. The molecule has 1 saturated carbocycles. The van der Waals surface area contributed by atoms with E-state index in [0.717, 1.165) is 22.6 Å². The van der Waals surface area contributed by atoms with Crippen LogP contribution in [0.4, 0.5) is 4.79 Å².